The van der Waals surface area contributed by atoms with Gasteiger partial charge in [0.2, 0.25) is 0 Å². The van der Waals surface area contributed by atoms with Crippen LogP contribution in [0.5, 0.6) is 0 Å². The maximum Gasteiger partial charge on any atom is 0.146 e. The first-order valence-corrected chi connectivity index (χ1v) is 7.13. The molecule has 0 aromatic heterocycles. The average Bonchev–Trinajstić information content (AvgIpc) is 2.68. The molecule has 0 bridgehead atoms. The third kappa shape index (κ3) is 4.18. The van der Waals surface area contributed by atoms with Crippen LogP contribution in [-0.2, 0) is 11.3 Å². The second-order valence-corrected chi connectivity index (χ2v) is 4.92. The topological polar surface area (TPSA) is 24.5 Å². The lowest BCUT2D eigenvalue weighted by atomic mass is 10.1. The smallest absolute Gasteiger partial charge is 0.146 e. The molecule has 1 aromatic carbocycles. The van der Waals surface area contributed by atoms with Crippen LogP contribution in [0.4, 0.5) is 10.1 Å². The minimum Gasteiger partial charge on any atom is -0.380 e. The lowest BCUT2D eigenvalue weighted by molar-refractivity contribution is 0.152. The highest BCUT2D eigenvalue weighted by Gasteiger charge is 2.14. The number of nitrogens with zero attached hydrogens (tertiary/aromatic N) is 1. The molecule has 1 saturated heterocycles. The molecule has 19 heavy (non-hydrogen) atoms. The molecule has 0 saturated carbocycles. The van der Waals surface area contributed by atoms with E-state index >= 15 is 0 Å². The summed E-state index contributed by atoms with van der Waals surface area (Å²) in [5.41, 5.74) is 1.70. The van der Waals surface area contributed by atoms with Crippen LogP contribution >= 0.6 is 0 Å². The molecule has 1 heterocycles. The van der Waals surface area contributed by atoms with Crippen LogP contribution in [0.25, 0.3) is 0 Å². The van der Waals surface area contributed by atoms with Crippen molar-refractivity contribution in [1.29, 1.82) is 0 Å². The van der Waals surface area contributed by atoms with Gasteiger partial charge in [-0.3, -0.25) is 0 Å². The summed E-state index contributed by atoms with van der Waals surface area (Å²) in [7, 11) is 0. The molecule has 0 aliphatic carbocycles. The van der Waals surface area contributed by atoms with E-state index in [9.17, 15) is 4.39 Å². The molecule has 1 fully saturated rings. The van der Waals surface area contributed by atoms with Crippen molar-refractivity contribution in [1.82, 2.24) is 5.32 Å². The summed E-state index contributed by atoms with van der Waals surface area (Å²) >= 11 is 0. The summed E-state index contributed by atoms with van der Waals surface area (Å²) in [6, 6.07) is 5.54. The molecular formula is C15H23FN2O. The molecular weight excluding hydrogens is 243 g/mol. The summed E-state index contributed by atoms with van der Waals surface area (Å²) < 4.78 is 19.6. The molecule has 106 valence electrons. The van der Waals surface area contributed by atoms with Gasteiger partial charge in [-0.05, 0) is 37.1 Å². The Morgan fingerprint density at radius 1 is 1.32 bits per heavy atom. The zero-order valence-corrected chi connectivity index (χ0v) is 11.6. The fourth-order valence-corrected chi connectivity index (χ4v) is 2.31. The predicted octanol–water partition coefficient (Wildman–Crippen LogP) is 2.55. The SMILES string of the molecule is CCCNCc1ccc(N2CCCOCC2)c(F)c1. The van der Waals surface area contributed by atoms with Gasteiger partial charge in [-0.15, -0.1) is 0 Å². The number of anilines is 1. The molecule has 1 aliphatic heterocycles. The highest BCUT2D eigenvalue weighted by atomic mass is 19.1. The van der Waals surface area contributed by atoms with Crippen molar-refractivity contribution in [2.75, 3.05) is 37.7 Å². The van der Waals surface area contributed by atoms with E-state index in [1.165, 1.54) is 0 Å². The molecule has 4 heteroatoms. The van der Waals surface area contributed by atoms with Crippen molar-refractivity contribution in [2.45, 2.75) is 26.3 Å². The van der Waals surface area contributed by atoms with E-state index in [1.807, 2.05) is 12.1 Å². The van der Waals surface area contributed by atoms with E-state index in [1.54, 1.807) is 6.07 Å². The molecule has 1 aliphatic rings. The van der Waals surface area contributed by atoms with Crippen molar-refractivity contribution in [3.05, 3.63) is 29.6 Å². The number of nitrogens with one attached hydrogen (secondary N) is 1. The van der Waals surface area contributed by atoms with Crippen LogP contribution in [0, 0.1) is 5.82 Å². The normalized spacial score (nSPS) is 16.4. The van der Waals surface area contributed by atoms with E-state index < -0.39 is 0 Å². The maximum absolute atomic E-state index is 14.2. The standard InChI is InChI=1S/C15H23FN2O/c1-2-6-17-12-13-4-5-15(14(16)11-13)18-7-3-9-19-10-8-18/h4-5,11,17H,2-3,6-10,12H2,1H3. The predicted molar refractivity (Wildman–Crippen MR) is 76.0 cm³/mol. The summed E-state index contributed by atoms with van der Waals surface area (Å²) in [6.07, 6.45) is 2.05. The van der Waals surface area contributed by atoms with Crippen LogP contribution in [0.1, 0.15) is 25.3 Å². The largest absolute Gasteiger partial charge is 0.380 e. The minimum absolute atomic E-state index is 0.127. The van der Waals surface area contributed by atoms with Crippen LogP contribution in [0.3, 0.4) is 0 Å². The molecule has 0 spiro atoms. The first kappa shape index (κ1) is 14.3. The van der Waals surface area contributed by atoms with Crippen molar-refractivity contribution >= 4 is 5.69 Å². The molecule has 0 unspecified atom stereocenters. The van der Waals surface area contributed by atoms with Crippen LogP contribution in [0.2, 0.25) is 0 Å². The number of hydrogen-bond donors (Lipinski definition) is 1. The zero-order valence-electron chi connectivity index (χ0n) is 11.6. The van der Waals surface area contributed by atoms with Gasteiger partial charge in [0.05, 0.1) is 12.3 Å². The summed E-state index contributed by atoms with van der Waals surface area (Å²) in [5.74, 6) is -0.127. The van der Waals surface area contributed by atoms with E-state index in [0.717, 1.165) is 51.2 Å². The van der Waals surface area contributed by atoms with Crippen LogP contribution in [0.15, 0.2) is 18.2 Å². The van der Waals surface area contributed by atoms with Gasteiger partial charge >= 0.3 is 0 Å². The third-order valence-corrected chi connectivity index (χ3v) is 3.33. The summed E-state index contributed by atoms with van der Waals surface area (Å²) in [5, 5.41) is 3.29. The number of ether oxygens (including phenoxy) is 1. The van der Waals surface area contributed by atoms with E-state index in [-0.39, 0.29) is 5.82 Å². The molecule has 0 amide bonds. The van der Waals surface area contributed by atoms with Gasteiger partial charge < -0.3 is 15.0 Å². The Kier molecular flexibility index (Phi) is 5.61. The second kappa shape index (κ2) is 7.46. The van der Waals surface area contributed by atoms with E-state index in [2.05, 4.69) is 17.1 Å². The molecule has 1 N–H and O–H groups in total. The summed E-state index contributed by atoms with van der Waals surface area (Å²) in [6.45, 7) is 6.91. The van der Waals surface area contributed by atoms with Crippen molar-refractivity contribution in [3.8, 4) is 0 Å². The van der Waals surface area contributed by atoms with Gasteiger partial charge in [0.25, 0.3) is 0 Å². The van der Waals surface area contributed by atoms with Crippen molar-refractivity contribution in [3.63, 3.8) is 0 Å². The van der Waals surface area contributed by atoms with Crippen molar-refractivity contribution < 1.29 is 9.13 Å². The highest BCUT2D eigenvalue weighted by Crippen LogP contribution is 2.21. The zero-order chi connectivity index (χ0) is 13.5. The fourth-order valence-electron chi connectivity index (χ4n) is 2.31. The Hall–Kier alpha value is -1.13. The molecule has 0 radical (unpaired) electrons. The molecule has 2 rings (SSSR count). The van der Waals surface area contributed by atoms with Crippen LogP contribution < -0.4 is 10.2 Å². The average molecular weight is 266 g/mol. The minimum atomic E-state index is -0.127. The maximum atomic E-state index is 14.2. The first-order chi connectivity index (χ1) is 9.31. The summed E-state index contributed by atoms with van der Waals surface area (Å²) in [4.78, 5) is 2.07. The molecule has 3 nitrogen and oxygen atoms in total. The van der Waals surface area contributed by atoms with E-state index in [4.69, 9.17) is 4.74 Å². The first-order valence-electron chi connectivity index (χ1n) is 7.13. The quantitative estimate of drug-likeness (QED) is 0.829. The fraction of sp³-hybridized carbons (Fsp3) is 0.600. The Morgan fingerprint density at radius 2 is 2.21 bits per heavy atom. The van der Waals surface area contributed by atoms with Crippen molar-refractivity contribution in [2.24, 2.45) is 0 Å². The monoisotopic (exact) mass is 266 g/mol. The number of rotatable bonds is 5. The van der Waals surface area contributed by atoms with Crippen LogP contribution in [-0.4, -0.2) is 32.8 Å². The van der Waals surface area contributed by atoms with Gasteiger partial charge in [0.1, 0.15) is 5.82 Å². The van der Waals surface area contributed by atoms with E-state index in [0.29, 0.717) is 12.3 Å². The second-order valence-electron chi connectivity index (χ2n) is 4.92. The lowest BCUT2D eigenvalue weighted by Gasteiger charge is -2.22. The lowest BCUT2D eigenvalue weighted by Crippen LogP contribution is -2.26. The number of halogens is 1. The van der Waals surface area contributed by atoms with Gasteiger partial charge in [-0.1, -0.05) is 13.0 Å². The highest BCUT2D eigenvalue weighted by molar-refractivity contribution is 5.49. The van der Waals surface area contributed by atoms with Gasteiger partial charge in [-0.2, -0.15) is 0 Å². The molecule has 1 aromatic rings. The Bertz CT molecular complexity index is 390. The third-order valence-electron chi connectivity index (χ3n) is 3.33. The molecule has 0 atom stereocenters. The Morgan fingerprint density at radius 3 is 3.00 bits per heavy atom. The Labute approximate surface area is 114 Å². The van der Waals surface area contributed by atoms with Gasteiger partial charge in [0.15, 0.2) is 0 Å². The van der Waals surface area contributed by atoms with Gasteiger partial charge in [0, 0.05) is 26.2 Å². The Balaban J connectivity index is 2.01. The number of benzene rings is 1. The number of hydrogen-bond acceptors (Lipinski definition) is 3. The van der Waals surface area contributed by atoms with Gasteiger partial charge in [-0.25, -0.2) is 4.39 Å².